The van der Waals surface area contributed by atoms with Gasteiger partial charge in [0.05, 0.1) is 5.52 Å². The number of thioether (sulfide) groups is 1. The molecular weight excluding hydrogens is 166 g/mol. The molecule has 0 spiro atoms. The molecule has 0 unspecified atom stereocenters. The number of nitrogens with one attached hydrogen (secondary N) is 1. The second kappa shape index (κ2) is 3.23. The molecule has 1 radical (unpaired) electrons. The Balaban J connectivity index is 2.57. The molecule has 1 N–H and O–H groups in total. The third kappa shape index (κ3) is 1.23. The molecule has 1 nitrogen and oxygen atoms in total. The highest BCUT2D eigenvalue weighted by molar-refractivity contribution is 7.99. The lowest BCUT2D eigenvalue weighted by Crippen LogP contribution is -1.75. The maximum Gasteiger partial charge on any atom is 0.0598 e. The maximum atomic E-state index is 3.22. The minimum absolute atomic E-state index is 1.11. The summed E-state index contributed by atoms with van der Waals surface area (Å²) in [5.74, 6) is 1.11. The molecule has 0 aliphatic heterocycles. The summed E-state index contributed by atoms with van der Waals surface area (Å²) in [7, 11) is 0. The average Bonchev–Trinajstić information content (AvgIpc) is 2.53. The van der Waals surface area contributed by atoms with E-state index < -0.39 is 0 Å². The standard InChI is InChI=1S/C10H10NS/c1-2-12-9-5-3-4-8-6-7-11-10(8)9/h3,5-7,11H,2H2,1H3. The van der Waals surface area contributed by atoms with Gasteiger partial charge in [-0.1, -0.05) is 13.0 Å². The van der Waals surface area contributed by atoms with Crippen molar-refractivity contribution in [1.82, 2.24) is 4.98 Å². The molecule has 1 heterocycles. The Bertz CT molecular complexity index is 378. The lowest BCUT2D eigenvalue weighted by atomic mass is 10.2. The van der Waals surface area contributed by atoms with E-state index in [1.165, 1.54) is 15.8 Å². The fraction of sp³-hybridized carbons (Fsp3) is 0.200. The van der Waals surface area contributed by atoms with Gasteiger partial charge in [-0.15, -0.1) is 11.8 Å². The first kappa shape index (κ1) is 7.74. The van der Waals surface area contributed by atoms with Gasteiger partial charge in [0.15, 0.2) is 0 Å². The van der Waals surface area contributed by atoms with E-state index in [-0.39, 0.29) is 0 Å². The van der Waals surface area contributed by atoms with Gasteiger partial charge in [0.2, 0.25) is 0 Å². The zero-order valence-electron chi connectivity index (χ0n) is 6.92. The Hall–Kier alpha value is -0.890. The summed E-state index contributed by atoms with van der Waals surface area (Å²) in [4.78, 5) is 4.54. The second-order valence-corrected chi connectivity index (χ2v) is 3.85. The molecule has 0 atom stereocenters. The van der Waals surface area contributed by atoms with Crippen LogP contribution in [0.15, 0.2) is 29.3 Å². The quantitative estimate of drug-likeness (QED) is 0.695. The molecule has 0 aliphatic carbocycles. The smallest absolute Gasteiger partial charge is 0.0598 e. The van der Waals surface area contributed by atoms with Crippen LogP contribution in [0.2, 0.25) is 0 Å². The van der Waals surface area contributed by atoms with E-state index in [2.05, 4.69) is 30.1 Å². The van der Waals surface area contributed by atoms with E-state index >= 15 is 0 Å². The van der Waals surface area contributed by atoms with Crippen LogP contribution < -0.4 is 0 Å². The van der Waals surface area contributed by atoms with Crippen molar-refractivity contribution in [3.63, 3.8) is 0 Å². The van der Waals surface area contributed by atoms with Crippen molar-refractivity contribution >= 4 is 22.7 Å². The largest absolute Gasteiger partial charge is 0.360 e. The summed E-state index contributed by atoms with van der Waals surface area (Å²) in [6.45, 7) is 2.16. The number of fused-ring (bicyclic) bond motifs is 1. The Labute approximate surface area is 76.2 Å². The third-order valence-corrected chi connectivity index (χ3v) is 2.71. The number of aromatic amines is 1. The zero-order chi connectivity index (χ0) is 8.39. The monoisotopic (exact) mass is 176 g/mol. The van der Waals surface area contributed by atoms with Gasteiger partial charge < -0.3 is 4.98 Å². The van der Waals surface area contributed by atoms with Crippen molar-refractivity contribution in [2.45, 2.75) is 11.8 Å². The fourth-order valence-electron chi connectivity index (χ4n) is 1.26. The highest BCUT2D eigenvalue weighted by Crippen LogP contribution is 2.25. The molecule has 2 heteroatoms. The molecule has 0 saturated carbocycles. The minimum Gasteiger partial charge on any atom is -0.360 e. The molecule has 2 aromatic rings. The van der Waals surface area contributed by atoms with Gasteiger partial charge in [-0.3, -0.25) is 0 Å². The number of H-pyrrole nitrogens is 1. The summed E-state index contributed by atoms with van der Waals surface area (Å²) < 4.78 is 0. The van der Waals surface area contributed by atoms with Gasteiger partial charge in [0, 0.05) is 16.5 Å². The van der Waals surface area contributed by atoms with Crippen LogP contribution in [0.25, 0.3) is 10.9 Å². The first-order valence-electron chi connectivity index (χ1n) is 4.02. The summed E-state index contributed by atoms with van der Waals surface area (Å²) in [6.07, 6.45) is 1.96. The van der Waals surface area contributed by atoms with E-state index in [0.717, 1.165) is 5.75 Å². The first-order chi connectivity index (χ1) is 5.92. The Morgan fingerprint density at radius 1 is 1.50 bits per heavy atom. The van der Waals surface area contributed by atoms with Gasteiger partial charge in [0.1, 0.15) is 0 Å². The number of hydrogen-bond donors (Lipinski definition) is 1. The number of hydrogen-bond acceptors (Lipinski definition) is 1. The van der Waals surface area contributed by atoms with Crippen LogP contribution in [0.5, 0.6) is 0 Å². The van der Waals surface area contributed by atoms with Crippen molar-refractivity contribution in [2.75, 3.05) is 5.75 Å². The lowest BCUT2D eigenvalue weighted by molar-refractivity contribution is 1.39. The van der Waals surface area contributed by atoms with Crippen LogP contribution in [0.3, 0.4) is 0 Å². The van der Waals surface area contributed by atoms with Crippen LogP contribution >= 0.6 is 11.8 Å². The molecule has 61 valence electrons. The summed E-state index contributed by atoms with van der Waals surface area (Å²) in [5, 5.41) is 1.17. The zero-order valence-corrected chi connectivity index (χ0v) is 7.74. The topological polar surface area (TPSA) is 15.8 Å². The number of rotatable bonds is 2. The highest BCUT2D eigenvalue weighted by atomic mass is 32.2. The van der Waals surface area contributed by atoms with E-state index in [9.17, 15) is 0 Å². The maximum absolute atomic E-state index is 3.22. The number of benzene rings is 1. The van der Waals surface area contributed by atoms with Crippen LogP contribution in [0.1, 0.15) is 6.92 Å². The Morgan fingerprint density at radius 2 is 2.42 bits per heavy atom. The van der Waals surface area contributed by atoms with Crippen molar-refractivity contribution in [3.05, 3.63) is 30.5 Å². The lowest BCUT2D eigenvalue weighted by Gasteiger charge is -1.98. The van der Waals surface area contributed by atoms with Gasteiger partial charge >= 0.3 is 0 Å². The molecule has 1 aromatic heterocycles. The van der Waals surface area contributed by atoms with Gasteiger partial charge in [-0.05, 0) is 24.0 Å². The van der Waals surface area contributed by atoms with E-state index in [0.29, 0.717) is 0 Å². The Kier molecular flexibility index (Phi) is 2.09. The fourth-order valence-corrected chi connectivity index (χ4v) is 2.05. The van der Waals surface area contributed by atoms with Gasteiger partial charge in [-0.2, -0.15) is 0 Å². The molecule has 2 rings (SSSR count). The van der Waals surface area contributed by atoms with Crippen LogP contribution in [-0.2, 0) is 0 Å². The number of aromatic nitrogens is 1. The summed E-state index contributed by atoms with van der Waals surface area (Å²) in [5.41, 5.74) is 1.21. The molecule has 1 aromatic carbocycles. The highest BCUT2D eigenvalue weighted by Gasteiger charge is 1.99. The van der Waals surface area contributed by atoms with Gasteiger partial charge in [-0.25, -0.2) is 0 Å². The average molecular weight is 176 g/mol. The molecule has 0 aliphatic rings. The second-order valence-electron chi connectivity index (χ2n) is 2.54. The SMILES string of the molecule is CCSc1cc[c]c2cc[nH]c12. The van der Waals surface area contributed by atoms with Crippen molar-refractivity contribution in [3.8, 4) is 0 Å². The minimum atomic E-state index is 1.11. The van der Waals surface area contributed by atoms with Crippen LogP contribution in [-0.4, -0.2) is 10.7 Å². The van der Waals surface area contributed by atoms with Crippen molar-refractivity contribution in [1.29, 1.82) is 0 Å². The molecule has 0 saturated heterocycles. The summed E-state index contributed by atoms with van der Waals surface area (Å²) >= 11 is 1.86. The predicted molar refractivity (Wildman–Crippen MR) is 53.5 cm³/mol. The van der Waals surface area contributed by atoms with Crippen molar-refractivity contribution in [2.24, 2.45) is 0 Å². The normalized spacial score (nSPS) is 10.8. The van der Waals surface area contributed by atoms with Crippen LogP contribution in [0, 0.1) is 6.07 Å². The van der Waals surface area contributed by atoms with Crippen LogP contribution in [0.4, 0.5) is 0 Å². The van der Waals surface area contributed by atoms with Crippen molar-refractivity contribution < 1.29 is 0 Å². The Morgan fingerprint density at radius 3 is 3.25 bits per heavy atom. The molecule has 0 amide bonds. The summed E-state index contributed by atoms with van der Waals surface area (Å²) in [6, 6.07) is 9.32. The van der Waals surface area contributed by atoms with E-state index in [4.69, 9.17) is 0 Å². The molecule has 12 heavy (non-hydrogen) atoms. The van der Waals surface area contributed by atoms with Gasteiger partial charge in [0.25, 0.3) is 0 Å². The predicted octanol–water partition coefficient (Wildman–Crippen LogP) is 3.08. The van der Waals surface area contributed by atoms with E-state index in [1.807, 2.05) is 24.0 Å². The van der Waals surface area contributed by atoms with E-state index in [1.54, 1.807) is 0 Å². The first-order valence-corrected chi connectivity index (χ1v) is 5.01. The molecular formula is C10H10NS. The molecule has 0 bridgehead atoms. The third-order valence-electron chi connectivity index (χ3n) is 1.77. The molecule has 0 fully saturated rings.